The van der Waals surface area contributed by atoms with Crippen LogP contribution in [0.15, 0.2) is 23.3 Å². The van der Waals surface area contributed by atoms with Crippen LogP contribution in [0, 0.1) is 17.3 Å². The molecule has 3 aliphatic carbocycles. The third kappa shape index (κ3) is 3.39. The number of nitrogens with zero attached hydrogens (tertiary/aromatic N) is 2. The maximum absolute atomic E-state index is 5.96. The van der Waals surface area contributed by atoms with Crippen LogP contribution in [0.5, 0.6) is 5.75 Å². The lowest BCUT2D eigenvalue weighted by atomic mass is 9.55. The van der Waals surface area contributed by atoms with E-state index >= 15 is 0 Å². The molecule has 0 unspecified atom stereocenters. The van der Waals surface area contributed by atoms with E-state index in [1.807, 2.05) is 5.01 Å². The molecule has 3 heteroatoms. The number of fused-ring (bicyclic) bond motifs is 5. The van der Waals surface area contributed by atoms with Crippen molar-refractivity contribution < 1.29 is 4.74 Å². The van der Waals surface area contributed by atoms with Crippen molar-refractivity contribution in [3.63, 3.8) is 0 Å². The topological polar surface area (TPSA) is 24.8 Å². The van der Waals surface area contributed by atoms with E-state index in [4.69, 9.17) is 9.84 Å². The van der Waals surface area contributed by atoms with Crippen molar-refractivity contribution in [3.05, 3.63) is 29.3 Å². The van der Waals surface area contributed by atoms with Gasteiger partial charge in [-0.25, -0.2) is 0 Å². The fourth-order valence-corrected chi connectivity index (χ4v) is 6.18. The Balaban J connectivity index is 1.54. The summed E-state index contributed by atoms with van der Waals surface area (Å²) in [7, 11) is 4.12. The van der Waals surface area contributed by atoms with Crippen LogP contribution in [0.2, 0.25) is 0 Å². The summed E-state index contributed by atoms with van der Waals surface area (Å²) in [6.45, 7) is 5.56. The zero-order valence-electron chi connectivity index (χ0n) is 17.6. The number of rotatable bonds is 5. The Bertz CT molecular complexity index is 710. The zero-order chi connectivity index (χ0) is 19.0. The summed E-state index contributed by atoms with van der Waals surface area (Å²) in [5.74, 6) is 3.46. The molecule has 1 aromatic carbocycles. The second-order valence-corrected chi connectivity index (χ2v) is 9.37. The number of ether oxygens (including phenoxy) is 1. The number of hydrazone groups is 1. The molecule has 2 fully saturated rings. The molecule has 2 saturated carbocycles. The normalized spacial score (nSPS) is 33.3. The van der Waals surface area contributed by atoms with Crippen LogP contribution in [-0.4, -0.2) is 31.4 Å². The lowest BCUT2D eigenvalue weighted by Gasteiger charge is -2.49. The third-order valence-electron chi connectivity index (χ3n) is 7.53. The van der Waals surface area contributed by atoms with Gasteiger partial charge < -0.3 is 9.75 Å². The minimum absolute atomic E-state index is 0.326. The molecule has 3 aliphatic rings. The summed E-state index contributed by atoms with van der Waals surface area (Å²) in [6, 6.07) is 6.95. The molecule has 4 atom stereocenters. The summed E-state index contributed by atoms with van der Waals surface area (Å²) >= 11 is 0. The lowest BCUT2D eigenvalue weighted by Crippen LogP contribution is -2.42. The van der Waals surface area contributed by atoms with Crippen LogP contribution in [0.1, 0.15) is 75.8 Å². The Hall–Kier alpha value is -1.51. The number of aryl methyl sites for hydroxylation is 1. The van der Waals surface area contributed by atoms with Crippen molar-refractivity contribution in [3.8, 4) is 5.75 Å². The van der Waals surface area contributed by atoms with Crippen LogP contribution in [-0.2, 0) is 6.42 Å². The van der Waals surface area contributed by atoms with Crippen molar-refractivity contribution in [2.75, 3.05) is 20.7 Å². The van der Waals surface area contributed by atoms with Gasteiger partial charge in [0.1, 0.15) is 5.75 Å². The fraction of sp³-hybridized carbons (Fsp3) is 0.708. The molecule has 148 valence electrons. The molecule has 3 nitrogen and oxygen atoms in total. The van der Waals surface area contributed by atoms with Crippen molar-refractivity contribution in [2.24, 2.45) is 22.4 Å². The minimum atomic E-state index is 0.326. The van der Waals surface area contributed by atoms with Gasteiger partial charge in [-0.05, 0) is 86.0 Å². The molecular formula is C24H36N2O. The van der Waals surface area contributed by atoms with E-state index < -0.39 is 0 Å². The molecule has 0 N–H and O–H groups in total. The molecule has 0 saturated heterocycles. The molecule has 0 spiro atoms. The minimum Gasteiger partial charge on any atom is -0.494 e. The highest BCUT2D eigenvalue weighted by Gasteiger charge is 2.53. The fourth-order valence-electron chi connectivity index (χ4n) is 6.18. The van der Waals surface area contributed by atoms with Crippen molar-refractivity contribution in [1.82, 2.24) is 5.01 Å². The van der Waals surface area contributed by atoms with Gasteiger partial charge in [0.15, 0.2) is 0 Å². The SMILES string of the molecule is CCCCOc1ccc2c(c1)CC[C@@H]1[C@@H]2CC[C@]2(C)C(=NN(C)C)CC[C@@H]12. The molecular weight excluding hydrogens is 332 g/mol. The average molecular weight is 369 g/mol. The summed E-state index contributed by atoms with van der Waals surface area (Å²) in [4.78, 5) is 0. The largest absolute Gasteiger partial charge is 0.494 e. The molecule has 0 amide bonds. The van der Waals surface area contributed by atoms with Gasteiger partial charge in [0.2, 0.25) is 0 Å². The Morgan fingerprint density at radius 3 is 2.81 bits per heavy atom. The summed E-state index contributed by atoms with van der Waals surface area (Å²) < 4.78 is 5.96. The summed E-state index contributed by atoms with van der Waals surface area (Å²) in [5.41, 5.74) is 4.95. The van der Waals surface area contributed by atoms with Crippen molar-refractivity contribution in [1.29, 1.82) is 0 Å². The van der Waals surface area contributed by atoms with Crippen LogP contribution in [0.25, 0.3) is 0 Å². The second-order valence-electron chi connectivity index (χ2n) is 9.37. The molecule has 4 rings (SSSR count). The molecule has 1 aromatic rings. The van der Waals surface area contributed by atoms with Gasteiger partial charge in [0.25, 0.3) is 0 Å². The van der Waals surface area contributed by atoms with E-state index in [-0.39, 0.29) is 0 Å². The maximum atomic E-state index is 5.96. The summed E-state index contributed by atoms with van der Waals surface area (Å²) in [6.07, 6.45) is 10.0. The van der Waals surface area contributed by atoms with Gasteiger partial charge in [-0.15, -0.1) is 0 Å². The van der Waals surface area contributed by atoms with Crippen molar-refractivity contribution >= 4 is 5.71 Å². The van der Waals surface area contributed by atoms with Crippen molar-refractivity contribution in [2.45, 2.75) is 71.1 Å². The first-order chi connectivity index (χ1) is 13.0. The van der Waals surface area contributed by atoms with Crippen LogP contribution < -0.4 is 4.74 Å². The van der Waals surface area contributed by atoms with E-state index in [0.717, 1.165) is 36.5 Å². The Kier molecular flexibility index (Phi) is 5.22. The van der Waals surface area contributed by atoms with Gasteiger partial charge in [-0.1, -0.05) is 26.3 Å². The maximum Gasteiger partial charge on any atom is 0.119 e. The van der Waals surface area contributed by atoms with Crippen LogP contribution >= 0.6 is 0 Å². The molecule has 0 aromatic heterocycles. The Labute approximate surface area is 165 Å². The monoisotopic (exact) mass is 368 g/mol. The van der Waals surface area contributed by atoms with E-state index in [0.29, 0.717) is 5.41 Å². The number of benzene rings is 1. The quantitative estimate of drug-likeness (QED) is 0.496. The number of hydrogen-bond acceptors (Lipinski definition) is 3. The first kappa shape index (κ1) is 18.8. The average Bonchev–Trinajstić information content (AvgIpc) is 2.97. The highest BCUT2D eigenvalue weighted by molar-refractivity contribution is 5.92. The third-order valence-corrected chi connectivity index (χ3v) is 7.53. The van der Waals surface area contributed by atoms with E-state index in [2.05, 4.69) is 46.1 Å². The first-order valence-corrected chi connectivity index (χ1v) is 11.0. The predicted molar refractivity (Wildman–Crippen MR) is 113 cm³/mol. The van der Waals surface area contributed by atoms with Gasteiger partial charge >= 0.3 is 0 Å². The number of hydrogen-bond donors (Lipinski definition) is 0. The van der Waals surface area contributed by atoms with Gasteiger partial charge in [0.05, 0.1) is 6.61 Å². The molecule has 27 heavy (non-hydrogen) atoms. The van der Waals surface area contributed by atoms with E-state index in [1.165, 1.54) is 50.7 Å². The standard InChI is InChI=1S/C24H36N2O/c1-5-6-15-27-18-8-10-19-17(16-18)7-9-21-20(19)13-14-24(2)22(21)11-12-23(24)25-26(3)4/h8,10,16,20-22H,5-7,9,11-15H2,1-4H3/t20-,21-,22+,24+/m1/s1. The molecule has 0 heterocycles. The first-order valence-electron chi connectivity index (χ1n) is 11.0. The van der Waals surface area contributed by atoms with Gasteiger partial charge in [-0.3, -0.25) is 0 Å². The number of unbranched alkanes of at least 4 members (excludes halogenated alkanes) is 1. The molecule has 0 bridgehead atoms. The predicted octanol–water partition coefficient (Wildman–Crippen LogP) is 5.64. The van der Waals surface area contributed by atoms with Gasteiger partial charge in [0, 0.05) is 25.2 Å². The second kappa shape index (κ2) is 7.48. The summed E-state index contributed by atoms with van der Waals surface area (Å²) in [5, 5.41) is 6.90. The highest BCUT2D eigenvalue weighted by atomic mass is 16.5. The van der Waals surface area contributed by atoms with Crippen LogP contribution in [0.4, 0.5) is 0 Å². The van der Waals surface area contributed by atoms with Gasteiger partial charge in [-0.2, -0.15) is 5.10 Å². The lowest BCUT2D eigenvalue weighted by molar-refractivity contribution is 0.0947. The molecule has 0 aliphatic heterocycles. The Morgan fingerprint density at radius 1 is 1.19 bits per heavy atom. The highest BCUT2D eigenvalue weighted by Crippen LogP contribution is 2.60. The Morgan fingerprint density at radius 2 is 2.04 bits per heavy atom. The smallest absolute Gasteiger partial charge is 0.119 e. The van der Waals surface area contributed by atoms with E-state index in [9.17, 15) is 0 Å². The van der Waals surface area contributed by atoms with E-state index in [1.54, 1.807) is 11.1 Å². The van der Waals surface area contributed by atoms with Crippen LogP contribution in [0.3, 0.4) is 0 Å². The molecule has 0 radical (unpaired) electrons. The zero-order valence-corrected chi connectivity index (χ0v) is 17.6.